The number of thioether (sulfide) groups is 1. The average molecular weight is 221 g/mol. The lowest BCUT2D eigenvalue weighted by Crippen LogP contribution is -2.28. The molecular formula is C10H11N3OS. The fraction of sp³-hybridized carbons (Fsp3) is 0.200. The number of benzene rings is 1. The van der Waals surface area contributed by atoms with Crippen LogP contribution in [-0.2, 0) is 0 Å². The van der Waals surface area contributed by atoms with Gasteiger partial charge in [0.2, 0.25) is 0 Å². The molecule has 0 unspecified atom stereocenters. The van der Waals surface area contributed by atoms with Crippen LogP contribution in [0.5, 0.6) is 0 Å². The van der Waals surface area contributed by atoms with Crippen LogP contribution in [0, 0.1) is 11.3 Å². The highest BCUT2D eigenvalue weighted by Crippen LogP contribution is 2.18. The number of urea groups is 1. The van der Waals surface area contributed by atoms with Crippen LogP contribution in [0.4, 0.5) is 10.5 Å². The molecule has 4 nitrogen and oxygen atoms in total. The Hall–Kier alpha value is -1.67. The van der Waals surface area contributed by atoms with E-state index in [9.17, 15) is 4.79 Å². The van der Waals surface area contributed by atoms with E-state index in [2.05, 4.69) is 10.6 Å². The van der Waals surface area contributed by atoms with Crippen LogP contribution in [0.1, 0.15) is 0 Å². The summed E-state index contributed by atoms with van der Waals surface area (Å²) in [5.74, 6) is 0. The lowest BCUT2D eigenvalue weighted by atomic mass is 10.3. The van der Waals surface area contributed by atoms with Gasteiger partial charge in [-0.2, -0.15) is 5.26 Å². The fourth-order valence-corrected chi connectivity index (χ4v) is 1.46. The molecule has 0 fully saturated rings. The van der Waals surface area contributed by atoms with Gasteiger partial charge in [0.1, 0.15) is 6.54 Å². The molecule has 0 aliphatic heterocycles. The topological polar surface area (TPSA) is 64.9 Å². The van der Waals surface area contributed by atoms with Crippen LogP contribution < -0.4 is 10.6 Å². The SMILES string of the molecule is CSc1cccc(NC(=O)NCC#N)c1. The van der Waals surface area contributed by atoms with Crippen LogP contribution in [-0.4, -0.2) is 18.8 Å². The van der Waals surface area contributed by atoms with Crippen molar-refractivity contribution in [2.75, 3.05) is 18.1 Å². The highest BCUT2D eigenvalue weighted by Gasteiger charge is 2.00. The zero-order chi connectivity index (χ0) is 11.1. The van der Waals surface area contributed by atoms with E-state index in [0.29, 0.717) is 0 Å². The third kappa shape index (κ3) is 3.92. The fourth-order valence-electron chi connectivity index (χ4n) is 0.996. The van der Waals surface area contributed by atoms with Gasteiger partial charge in [0, 0.05) is 10.6 Å². The standard InChI is InChI=1S/C10H11N3OS/c1-15-9-4-2-3-8(7-9)13-10(14)12-6-5-11/h2-4,7H,6H2,1H3,(H2,12,13,14). The predicted molar refractivity (Wildman–Crippen MR) is 60.9 cm³/mol. The minimum absolute atomic E-state index is 0.00799. The van der Waals surface area contributed by atoms with Gasteiger partial charge in [-0.05, 0) is 24.5 Å². The summed E-state index contributed by atoms with van der Waals surface area (Å²) in [6.45, 7) is 0.00799. The van der Waals surface area contributed by atoms with Gasteiger partial charge >= 0.3 is 6.03 Å². The number of hydrogen-bond acceptors (Lipinski definition) is 3. The molecule has 0 spiro atoms. The van der Waals surface area contributed by atoms with Crippen molar-refractivity contribution in [2.45, 2.75) is 4.90 Å². The number of nitriles is 1. The summed E-state index contributed by atoms with van der Waals surface area (Å²) < 4.78 is 0. The van der Waals surface area contributed by atoms with E-state index >= 15 is 0 Å². The molecule has 0 saturated heterocycles. The Kier molecular flexibility index (Phi) is 4.51. The Labute approximate surface area is 92.7 Å². The first kappa shape index (κ1) is 11.4. The molecule has 0 radical (unpaired) electrons. The minimum Gasteiger partial charge on any atom is -0.325 e. The molecule has 1 rings (SSSR count). The van der Waals surface area contributed by atoms with Crippen molar-refractivity contribution in [2.24, 2.45) is 0 Å². The van der Waals surface area contributed by atoms with Crippen molar-refractivity contribution < 1.29 is 4.79 Å². The number of carbonyl (C=O) groups excluding carboxylic acids is 1. The molecule has 0 heterocycles. The Balaban J connectivity index is 2.57. The van der Waals surface area contributed by atoms with Gasteiger partial charge < -0.3 is 10.6 Å². The molecule has 0 saturated carbocycles. The van der Waals surface area contributed by atoms with Crippen molar-refractivity contribution in [1.29, 1.82) is 5.26 Å². The van der Waals surface area contributed by atoms with E-state index in [1.54, 1.807) is 17.8 Å². The average Bonchev–Trinajstić information content (AvgIpc) is 2.26. The second-order valence-corrected chi connectivity index (χ2v) is 3.58. The number of anilines is 1. The normalized spacial score (nSPS) is 9.07. The maximum atomic E-state index is 11.2. The van der Waals surface area contributed by atoms with E-state index in [1.165, 1.54) is 0 Å². The van der Waals surface area contributed by atoms with E-state index in [4.69, 9.17) is 5.26 Å². The van der Waals surface area contributed by atoms with Gasteiger partial charge in [0.15, 0.2) is 0 Å². The van der Waals surface area contributed by atoms with Crippen LogP contribution in [0.15, 0.2) is 29.2 Å². The van der Waals surface area contributed by atoms with E-state index < -0.39 is 0 Å². The van der Waals surface area contributed by atoms with Gasteiger partial charge in [0.05, 0.1) is 6.07 Å². The Bertz CT molecular complexity index is 386. The first-order valence-corrected chi connectivity index (χ1v) is 5.54. The number of nitrogens with one attached hydrogen (secondary N) is 2. The highest BCUT2D eigenvalue weighted by molar-refractivity contribution is 7.98. The quantitative estimate of drug-likeness (QED) is 0.606. The molecule has 1 aromatic rings. The molecule has 78 valence electrons. The number of nitrogens with zero attached hydrogens (tertiary/aromatic N) is 1. The van der Waals surface area contributed by atoms with Gasteiger partial charge in [-0.1, -0.05) is 6.07 Å². The minimum atomic E-state index is -0.366. The van der Waals surface area contributed by atoms with E-state index in [0.717, 1.165) is 10.6 Å². The lowest BCUT2D eigenvalue weighted by molar-refractivity contribution is 0.253. The largest absolute Gasteiger partial charge is 0.325 e. The first-order valence-electron chi connectivity index (χ1n) is 4.32. The smallest absolute Gasteiger partial charge is 0.320 e. The molecular weight excluding hydrogens is 210 g/mol. The summed E-state index contributed by atoms with van der Waals surface area (Å²) in [5, 5.41) is 13.3. The van der Waals surface area contributed by atoms with Gasteiger partial charge in [-0.15, -0.1) is 11.8 Å². The highest BCUT2D eigenvalue weighted by atomic mass is 32.2. The second kappa shape index (κ2) is 5.94. The molecule has 2 N–H and O–H groups in total. The Morgan fingerprint density at radius 2 is 2.40 bits per heavy atom. The molecule has 2 amide bonds. The molecule has 0 aliphatic rings. The van der Waals surface area contributed by atoms with Crippen molar-refractivity contribution in [3.8, 4) is 6.07 Å². The number of rotatable bonds is 3. The zero-order valence-corrected chi connectivity index (χ0v) is 9.10. The van der Waals surface area contributed by atoms with Gasteiger partial charge in [0.25, 0.3) is 0 Å². The van der Waals surface area contributed by atoms with E-state index in [-0.39, 0.29) is 12.6 Å². The maximum Gasteiger partial charge on any atom is 0.320 e. The monoisotopic (exact) mass is 221 g/mol. The number of hydrogen-bond donors (Lipinski definition) is 2. The summed E-state index contributed by atoms with van der Waals surface area (Å²) >= 11 is 1.60. The summed E-state index contributed by atoms with van der Waals surface area (Å²) in [6.07, 6.45) is 1.97. The molecule has 1 aromatic carbocycles. The summed E-state index contributed by atoms with van der Waals surface area (Å²) in [5.41, 5.74) is 0.720. The molecule has 0 aliphatic carbocycles. The van der Waals surface area contributed by atoms with Crippen molar-refractivity contribution in [3.05, 3.63) is 24.3 Å². The summed E-state index contributed by atoms with van der Waals surface area (Å²) in [4.78, 5) is 12.3. The predicted octanol–water partition coefficient (Wildman–Crippen LogP) is 2.05. The third-order valence-corrected chi connectivity index (χ3v) is 2.38. The summed E-state index contributed by atoms with van der Waals surface area (Å²) in [7, 11) is 0. The van der Waals surface area contributed by atoms with Gasteiger partial charge in [-0.25, -0.2) is 4.79 Å². The van der Waals surface area contributed by atoms with Crippen LogP contribution >= 0.6 is 11.8 Å². The third-order valence-electron chi connectivity index (χ3n) is 1.66. The molecule has 0 aromatic heterocycles. The molecule has 0 atom stereocenters. The second-order valence-electron chi connectivity index (χ2n) is 2.70. The zero-order valence-electron chi connectivity index (χ0n) is 8.28. The van der Waals surface area contributed by atoms with Crippen molar-refractivity contribution >= 4 is 23.5 Å². The molecule has 15 heavy (non-hydrogen) atoms. The van der Waals surface area contributed by atoms with Crippen LogP contribution in [0.25, 0.3) is 0 Å². The van der Waals surface area contributed by atoms with Crippen LogP contribution in [0.2, 0.25) is 0 Å². The molecule has 0 bridgehead atoms. The maximum absolute atomic E-state index is 11.2. The Morgan fingerprint density at radius 1 is 1.60 bits per heavy atom. The lowest BCUT2D eigenvalue weighted by Gasteiger charge is -2.05. The van der Waals surface area contributed by atoms with Crippen LogP contribution in [0.3, 0.4) is 0 Å². The van der Waals surface area contributed by atoms with Crippen molar-refractivity contribution in [3.63, 3.8) is 0 Å². The van der Waals surface area contributed by atoms with Gasteiger partial charge in [-0.3, -0.25) is 0 Å². The summed E-state index contributed by atoms with van der Waals surface area (Å²) in [6, 6.07) is 8.96. The number of carbonyl (C=O) groups is 1. The Morgan fingerprint density at radius 3 is 3.07 bits per heavy atom. The van der Waals surface area contributed by atoms with Crippen molar-refractivity contribution in [1.82, 2.24) is 5.32 Å². The first-order chi connectivity index (χ1) is 7.26. The molecule has 5 heteroatoms. The number of amides is 2. The van der Waals surface area contributed by atoms with E-state index in [1.807, 2.05) is 30.5 Å².